The Morgan fingerprint density at radius 3 is 2.95 bits per heavy atom. The van der Waals surface area contributed by atoms with Crippen LogP contribution >= 0.6 is 22.7 Å². The molecule has 3 rings (SSSR count). The van der Waals surface area contributed by atoms with Crippen molar-refractivity contribution in [3.8, 4) is 21.5 Å². The summed E-state index contributed by atoms with van der Waals surface area (Å²) in [5, 5.41) is 12.3. The fraction of sp³-hybridized carbons (Fsp3) is 0.0833. The highest BCUT2D eigenvalue weighted by atomic mass is 32.1. The monoisotopic (exact) mass is 292 g/mol. The number of rotatable bonds is 2. The maximum absolute atomic E-state index is 12.0. The van der Waals surface area contributed by atoms with E-state index in [4.69, 9.17) is 4.74 Å². The minimum atomic E-state index is -0.179. The van der Waals surface area contributed by atoms with Gasteiger partial charge in [0.25, 0.3) is 0 Å². The fourth-order valence-corrected chi connectivity index (χ4v) is 3.43. The van der Waals surface area contributed by atoms with Crippen molar-refractivity contribution in [3.63, 3.8) is 0 Å². The molecule has 0 spiro atoms. The molecule has 0 bridgehead atoms. The molecule has 0 aromatic carbocycles. The number of hydrogen-bond donors (Lipinski definition) is 1. The molecule has 0 unspecified atom stereocenters. The van der Waals surface area contributed by atoms with Crippen molar-refractivity contribution in [3.05, 3.63) is 33.9 Å². The van der Waals surface area contributed by atoms with Crippen molar-refractivity contribution in [2.24, 2.45) is 0 Å². The Kier molecular flexibility index (Phi) is 2.92. The number of aromatic hydroxyl groups is 1. The highest BCUT2D eigenvalue weighted by molar-refractivity contribution is 7.24. The molecule has 0 aliphatic heterocycles. The maximum atomic E-state index is 12.0. The lowest BCUT2D eigenvalue weighted by Crippen LogP contribution is -1.99. The van der Waals surface area contributed by atoms with Crippen molar-refractivity contribution in [2.45, 2.75) is 0 Å². The second kappa shape index (κ2) is 4.60. The predicted molar refractivity (Wildman–Crippen MR) is 75.2 cm³/mol. The highest BCUT2D eigenvalue weighted by Gasteiger charge is 2.10. The molecule has 5 nitrogen and oxygen atoms in total. The van der Waals surface area contributed by atoms with Gasteiger partial charge in [0.05, 0.1) is 29.0 Å². The zero-order valence-corrected chi connectivity index (χ0v) is 11.4. The standard InChI is InChI=1S/C12H8N2O3S2/c1-17-10-5-18-12(14-10)9-3-8(16)7-2-6(15)4-13-11(7)19-9/h2-5,15H,1H3. The van der Waals surface area contributed by atoms with Crippen LogP contribution in [-0.2, 0) is 0 Å². The van der Waals surface area contributed by atoms with Crippen molar-refractivity contribution in [1.29, 1.82) is 0 Å². The van der Waals surface area contributed by atoms with E-state index >= 15 is 0 Å². The van der Waals surface area contributed by atoms with E-state index in [1.54, 1.807) is 12.5 Å². The molecule has 3 aromatic rings. The summed E-state index contributed by atoms with van der Waals surface area (Å²) in [5.41, 5.74) is -0.179. The summed E-state index contributed by atoms with van der Waals surface area (Å²) in [5.74, 6) is 0.513. The Balaban J connectivity index is 2.20. The molecule has 0 saturated carbocycles. The third-order valence-corrected chi connectivity index (χ3v) is 4.51. The predicted octanol–water partition coefficient (Wildman–Crippen LogP) is 2.49. The third-order valence-electron chi connectivity index (χ3n) is 2.47. The average molecular weight is 292 g/mol. The van der Waals surface area contributed by atoms with E-state index in [0.717, 1.165) is 9.88 Å². The summed E-state index contributed by atoms with van der Waals surface area (Å²) in [6.07, 6.45) is 1.32. The summed E-state index contributed by atoms with van der Waals surface area (Å²) in [4.78, 5) is 21.6. The van der Waals surface area contributed by atoms with Crippen LogP contribution in [0.25, 0.3) is 20.1 Å². The van der Waals surface area contributed by atoms with E-state index in [9.17, 15) is 9.90 Å². The normalized spacial score (nSPS) is 10.8. The number of fused-ring (bicyclic) bond motifs is 1. The Hall–Kier alpha value is -1.99. The van der Waals surface area contributed by atoms with Gasteiger partial charge in [0.1, 0.15) is 15.6 Å². The second-order valence-electron chi connectivity index (χ2n) is 3.72. The molecule has 1 N–H and O–H groups in total. The summed E-state index contributed by atoms with van der Waals surface area (Å²) >= 11 is 2.76. The van der Waals surface area contributed by atoms with Crippen molar-refractivity contribution in [1.82, 2.24) is 9.97 Å². The van der Waals surface area contributed by atoms with E-state index < -0.39 is 0 Å². The van der Waals surface area contributed by atoms with Gasteiger partial charge in [-0.05, 0) is 6.07 Å². The number of thiazole rings is 1. The first kappa shape index (κ1) is 12.1. The van der Waals surface area contributed by atoms with Crippen LogP contribution < -0.4 is 10.2 Å². The molecule has 0 atom stereocenters. The molecule has 3 heterocycles. The Labute approximate surface area is 115 Å². The van der Waals surface area contributed by atoms with Crippen molar-refractivity contribution in [2.75, 3.05) is 7.11 Å². The Bertz CT molecular complexity index is 810. The Morgan fingerprint density at radius 2 is 2.21 bits per heavy atom. The number of nitrogens with zero attached hydrogens (tertiary/aromatic N) is 2. The lowest BCUT2D eigenvalue weighted by atomic mass is 10.3. The third kappa shape index (κ3) is 2.18. The lowest BCUT2D eigenvalue weighted by molar-refractivity contribution is 0.401. The molecule has 7 heteroatoms. The molecule has 0 aliphatic carbocycles. The molecular weight excluding hydrogens is 284 g/mol. The molecule has 0 radical (unpaired) electrons. The average Bonchev–Trinajstić information content (AvgIpc) is 2.88. The van der Waals surface area contributed by atoms with Crippen LogP contribution in [0.15, 0.2) is 28.5 Å². The van der Waals surface area contributed by atoms with E-state index in [1.165, 1.54) is 41.0 Å². The minimum absolute atomic E-state index is 0.0135. The van der Waals surface area contributed by atoms with Gasteiger partial charge >= 0.3 is 0 Å². The van der Waals surface area contributed by atoms with E-state index in [1.807, 2.05) is 0 Å². The van der Waals surface area contributed by atoms with Crippen LogP contribution in [0, 0.1) is 0 Å². The summed E-state index contributed by atoms with van der Waals surface area (Å²) in [6.45, 7) is 0. The van der Waals surface area contributed by atoms with E-state index in [-0.39, 0.29) is 11.2 Å². The molecule has 0 saturated heterocycles. The first-order valence-corrected chi connectivity index (χ1v) is 7.00. The van der Waals surface area contributed by atoms with Crippen LogP contribution in [0.4, 0.5) is 0 Å². The van der Waals surface area contributed by atoms with Gasteiger partial charge < -0.3 is 9.84 Å². The van der Waals surface area contributed by atoms with Crippen LogP contribution in [0.3, 0.4) is 0 Å². The first-order chi connectivity index (χ1) is 9.17. The zero-order valence-electron chi connectivity index (χ0n) is 9.78. The van der Waals surface area contributed by atoms with Crippen LogP contribution in [0.1, 0.15) is 0 Å². The summed E-state index contributed by atoms with van der Waals surface area (Å²) < 4.78 is 5.03. The van der Waals surface area contributed by atoms with Crippen LogP contribution in [0.5, 0.6) is 11.6 Å². The SMILES string of the molecule is COc1csc(-c2cc(=O)c3cc(O)cnc3s2)n1. The van der Waals surface area contributed by atoms with Gasteiger partial charge in [0.2, 0.25) is 5.88 Å². The topological polar surface area (TPSA) is 72.3 Å². The number of ether oxygens (including phenoxy) is 1. The van der Waals surface area contributed by atoms with Crippen LogP contribution in [-0.4, -0.2) is 22.2 Å². The summed E-state index contributed by atoms with van der Waals surface area (Å²) in [6, 6.07) is 2.93. The van der Waals surface area contributed by atoms with E-state index in [0.29, 0.717) is 16.1 Å². The summed E-state index contributed by atoms with van der Waals surface area (Å²) in [7, 11) is 1.55. The molecule has 96 valence electrons. The van der Waals surface area contributed by atoms with Gasteiger partial charge in [-0.25, -0.2) is 9.97 Å². The number of aromatic nitrogens is 2. The highest BCUT2D eigenvalue weighted by Crippen LogP contribution is 2.31. The Morgan fingerprint density at radius 1 is 1.37 bits per heavy atom. The largest absolute Gasteiger partial charge is 0.506 e. The minimum Gasteiger partial charge on any atom is -0.506 e. The molecule has 0 amide bonds. The van der Waals surface area contributed by atoms with E-state index in [2.05, 4.69) is 9.97 Å². The lowest BCUT2D eigenvalue weighted by Gasteiger charge is -1.99. The fourth-order valence-electron chi connectivity index (χ4n) is 1.60. The second-order valence-corrected chi connectivity index (χ2v) is 5.60. The first-order valence-electron chi connectivity index (χ1n) is 5.30. The molecule has 0 fully saturated rings. The van der Waals surface area contributed by atoms with Crippen molar-refractivity contribution >= 4 is 32.9 Å². The smallest absolute Gasteiger partial charge is 0.224 e. The molecular formula is C12H8N2O3S2. The molecule has 0 aliphatic rings. The maximum Gasteiger partial charge on any atom is 0.224 e. The molecule has 3 aromatic heterocycles. The number of pyridine rings is 1. The zero-order chi connectivity index (χ0) is 13.4. The van der Waals surface area contributed by atoms with Crippen LogP contribution in [0.2, 0.25) is 0 Å². The van der Waals surface area contributed by atoms with Gasteiger partial charge in [-0.15, -0.1) is 22.7 Å². The molecule has 19 heavy (non-hydrogen) atoms. The van der Waals surface area contributed by atoms with Gasteiger partial charge in [0.15, 0.2) is 5.43 Å². The van der Waals surface area contributed by atoms with Gasteiger partial charge in [-0.2, -0.15) is 0 Å². The van der Waals surface area contributed by atoms with Gasteiger partial charge in [0, 0.05) is 6.07 Å². The number of methoxy groups -OCH3 is 1. The van der Waals surface area contributed by atoms with Crippen molar-refractivity contribution < 1.29 is 9.84 Å². The quantitative estimate of drug-likeness (QED) is 0.785. The van der Waals surface area contributed by atoms with Gasteiger partial charge in [-0.1, -0.05) is 0 Å². The van der Waals surface area contributed by atoms with Gasteiger partial charge in [-0.3, -0.25) is 4.79 Å². The number of hydrogen-bond acceptors (Lipinski definition) is 7.